The maximum Gasteiger partial charge on any atom is 0.356 e. The van der Waals surface area contributed by atoms with E-state index in [4.69, 9.17) is 5.11 Å². The molecule has 0 aromatic carbocycles. The van der Waals surface area contributed by atoms with Crippen LogP contribution in [-0.2, 0) is 4.79 Å². The second-order valence-electron chi connectivity index (χ2n) is 3.24. The zero-order chi connectivity index (χ0) is 12.1. The normalized spacial score (nSPS) is 9.62. The fourth-order valence-corrected chi connectivity index (χ4v) is 0.878. The predicted octanol–water partition coefficient (Wildman–Crippen LogP) is -0.325. The van der Waals surface area contributed by atoms with E-state index in [-0.39, 0.29) is 24.0 Å². The second kappa shape index (κ2) is 5.06. The molecule has 1 aromatic rings. The zero-order valence-corrected chi connectivity index (χ0v) is 8.97. The molecular weight excluding hydrogens is 212 g/mol. The Morgan fingerprint density at radius 3 is 2.69 bits per heavy atom. The number of aromatic carboxylic acids is 1. The molecule has 0 radical (unpaired) electrons. The van der Waals surface area contributed by atoms with Crippen molar-refractivity contribution in [1.29, 1.82) is 0 Å². The number of anilines is 1. The van der Waals surface area contributed by atoms with Gasteiger partial charge in [0.05, 0.1) is 18.9 Å². The van der Waals surface area contributed by atoms with Gasteiger partial charge in [0, 0.05) is 14.1 Å². The first kappa shape index (κ1) is 11.9. The SMILES string of the molecule is CN(C)C(=O)CNc1cncc(C(=O)O)n1. The van der Waals surface area contributed by atoms with E-state index in [1.807, 2.05) is 0 Å². The molecule has 0 spiro atoms. The minimum absolute atomic E-state index is 0.0464. The maximum absolute atomic E-state index is 11.2. The highest BCUT2D eigenvalue weighted by molar-refractivity contribution is 5.85. The molecule has 1 heterocycles. The molecule has 0 aliphatic heterocycles. The molecule has 0 saturated heterocycles. The van der Waals surface area contributed by atoms with E-state index in [9.17, 15) is 9.59 Å². The van der Waals surface area contributed by atoms with E-state index in [1.54, 1.807) is 14.1 Å². The topological polar surface area (TPSA) is 95.4 Å². The van der Waals surface area contributed by atoms with Crippen molar-refractivity contribution in [3.63, 3.8) is 0 Å². The van der Waals surface area contributed by atoms with Gasteiger partial charge in [-0.1, -0.05) is 0 Å². The molecular formula is C9H12N4O3. The summed E-state index contributed by atoms with van der Waals surface area (Å²) in [6.07, 6.45) is 2.50. The smallest absolute Gasteiger partial charge is 0.356 e. The van der Waals surface area contributed by atoms with Gasteiger partial charge in [0.15, 0.2) is 5.69 Å². The molecule has 0 fully saturated rings. The highest BCUT2D eigenvalue weighted by Gasteiger charge is 2.07. The van der Waals surface area contributed by atoms with Crippen molar-refractivity contribution in [2.45, 2.75) is 0 Å². The Morgan fingerprint density at radius 2 is 2.12 bits per heavy atom. The Bertz CT molecular complexity index is 405. The number of aromatic nitrogens is 2. The molecule has 1 rings (SSSR count). The van der Waals surface area contributed by atoms with Crippen LogP contribution in [0.4, 0.5) is 5.82 Å². The van der Waals surface area contributed by atoms with Crippen LogP contribution in [0.15, 0.2) is 12.4 Å². The van der Waals surface area contributed by atoms with Crippen molar-refractivity contribution in [3.8, 4) is 0 Å². The summed E-state index contributed by atoms with van der Waals surface area (Å²) in [5, 5.41) is 11.4. The third-order valence-corrected chi connectivity index (χ3v) is 1.77. The fourth-order valence-electron chi connectivity index (χ4n) is 0.878. The molecule has 2 N–H and O–H groups in total. The molecule has 0 aliphatic carbocycles. The number of hydrogen-bond donors (Lipinski definition) is 2. The van der Waals surface area contributed by atoms with E-state index >= 15 is 0 Å². The number of likely N-dealkylation sites (N-methyl/N-ethyl adjacent to an activating group) is 1. The standard InChI is InChI=1S/C9H12N4O3/c1-13(2)8(14)5-11-7-4-10-3-6(12-7)9(15)16/h3-4H,5H2,1-2H3,(H,11,12)(H,15,16). The largest absolute Gasteiger partial charge is 0.476 e. The molecule has 16 heavy (non-hydrogen) atoms. The third kappa shape index (κ3) is 3.19. The van der Waals surface area contributed by atoms with Gasteiger partial charge in [0.25, 0.3) is 0 Å². The number of nitrogens with one attached hydrogen (secondary N) is 1. The van der Waals surface area contributed by atoms with Crippen LogP contribution < -0.4 is 5.32 Å². The van der Waals surface area contributed by atoms with Crippen molar-refractivity contribution in [3.05, 3.63) is 18.1 Å². The summed E-state index contributed by atoms with van der Waals surface area (Å²) in [5.74, 6) is -1.03. The first-order valence-corrected chi connectivity index (χ1v) is 4.50. The molecule has 1 aromatic heterocycles. The van der Waals surface area contributed by atoms with Crippen LogP contribution >= 0.6 is 0 Å². The second-order valence-corrected chi connectivity index (χ2v) is 3.24. The Morgan fingerprint density at radius 1 is 1.44 bits per heavy atom. The number of carboxylic acid groups (broad SMARTS) is 1. The van der Waals surface area contributed by atoms with Gasteiger partial charge >= 0.3 is 5.97 Å². The summed E-state index contributed by atoms with van der Waals surface area (Å²) in [4.78, 5) is 30.7. The summed E-state index contributed by atoms with van der Waals surface area (Å²) in [6, 6.07) is 0. The molecule has 0 aliphatic rings. The van der Waals surface area contributed by atoms with E-state index < -0.39 is 5.97 Å². The number of amides is 1. The van der Waals surface area contributed by atoms with Crippen molar-refractivity contribution in [1.82, 2.24) is 14.9 Å². The van der Waals surface area contributed by atoms with E-state index in [0.717, 1.165) is 6.20 Å². The number of hydrogen-bond acceptors (Lipinski definition) is 5. The highest BCUT2D eigenvalue weighted by Crippen LogP contribution is 2.01. The van der Waals surface area contributed by atoms with Gasteiger partial charge in [-0.05, 0) is 0 Å². The molecule has 0 unspecified atom stereocenters. The van der Waals surface area contributed by atoms with Crippen molar-refractivity contribution in [2.24, 2.45) is 0 Å². The Balaban J connectivity index is 2.64. The monoisotopic (exact) mass is 224 g/mol. The van der Waals surface area contributed by atoms with Crippen LogP contribution in [-0.4, -0.2) is 52.5 Å². The van der Waals surface area contributed by atoms with E-state index in [1.165, 1.54) is 11.1 Å². The molecule has 0 bridgehead atoms. The zero-order valence-electron chi connectivity index (χ0n) is 8.97. The van der Waals surface area contributed by atoms with Crippen LogP contribution in [0.1, 0.15) is 10.5 Å². The quantitative estimate of drug-likeness (QED) is 0.727. The lowest BCUT2D eigenvalue weighted by Crippen LogP contribution is -2.28. The van der Waals surface area contributed by atoms with E-state index in [2.05, 4.69) is 15.3 Å². The van der Waals surface area contributed by atoms with Gasteiger partial charge in [-0.15, -0.1) is 0 Å². The molecule has 7 heteroatoms. The van der Waals surface area contributed by atoms with Crippen LogP contribution in [0, 0.1) is 0 Å². The summed E-state index contributed by atoms with van der Waals surface area (Å²) < 4.78 is 0. The van der Waals surface area contributed by atoms with Crippen molar-refractivity contribution in [2.75, 3.05) is 26.0 Å². The molecule has 86 valence electrons. The summed E-state index contributed by atoms with van der Waals surface area (Å²) in [7, 11) is 3.26. The van der Waals surface area contributed by atoms with Gasteiger partial charge in [-0.2, -0.15) is 0 Å². The number of carbonyl (C=O) groups is 2. The number of rotatable bonds is 4. The molecule has 0 atom stereocenters. The lowest BCUT2D eigenvalue weighted by atomic mass is 10.4. The van der Waals surface area contributed by atoms with Gasteiger partial charge in [0.1, 0.15) is 5.82 Å². The summed E-state index contributed by atoms with van der Waals surface area (Å²) in [5.41, 5.74) is -0.165. The maximum atomic E-state index is 11.2. The lowest BCUT2D eigenvalue weighted by molar-refractivity contribution is -0.126. The highest BCUT2D eigenvalue weighted by atomic mass is 16.4. The van der Waals surface area contributed by atoms with Crippen LogP contribution in [0.3, 0.4) is 0 Å². The number of carbonyl (C=O) groups excluding carboxylic acids is 1. The fraction of sp³-hybridized carbons (Fsp3) is 0.333. The van der Waals surface area contributed by atoms with Gasteiger partial charge in [-0.3, -0.25) is 9.78 Å². The van der Waals surface area contributed by atoms with Crippen LogP contribution in [0.5, 0.6) is 0 Å². The van der Waals surface area contributed by atoms with Crippen molar-refractivity contribution < 1.29 is 14.7 Å². The average Bonchev–Trinajstić information content (AvgIpc) is 2.26. The van der Waals surface area contributed by atoms with Gasteiger partial charge in [0.2, 0.25) is 5.91 Å². The molecule has 0 saturated carbocycles. The van der Waals surface area contributed by atoms with Crippen LogP contribution in [0.2, 0.25) is 0 Å². The van der Waals surface area contributed by atoms with Crippen LogP contribution in [0.25, 0.3) is 0 Å². The third-order valence-electron chi connectivity index (χ3n) is 1.77. The minimum atomic E-state index is -1.16. The van der Waals surface area contributed by atoms with Gasteiger partial charge in [-0.25, -0.2) is 9.78 Å². The number of carboxylic acids is 1. The Kier molecular flexibility index (Phi) is 3.76. The van der Waals surface area contributed by atoms with Crippen molar-refractivity contribution >= 4 is 17.7 Å². The first-order chi connectivity index (χ1) is 7.50. The van der Waals surface area contributed by atoms with Gasteiger partial charge < -0.3 is 15.3 Å². The summed E-state index contributed by atoms with van der Waals surface area (Å²) in [6.45, 7) is 0.0464. The number of nitrogens with zero attached hydrogens (tertiary/aromatic N) is 3. The first-order valence-electron chi connectivity index (χ1n) is 4.50. The Labute approximate surface area is 92.1 Å². The average molecular weight is 224 g/mol. The molecule has 1 amide bonds. The molecule has 7 nitrogen and oxygen atoms in total. The summed E-state index contributed by atoms with van der Waals surface area (Å²) >= 11 is 0. The Hall–Kier alpha value is -2.18. The predicted molar refractivity (Wildman–Crippen MR) is 56.2 cm³/mol. The van der Waals surface area contributed by atoms with E-state index in [0.29, 0.717) is 0 Å². The minimum Gasteiger partial charge on any atom is -0.476 e. The lowest BCUT2D eigenvalue weighted by Gasteiger charge is -2.10.